The fourth-order valence-electron chi connectivity index (χ4n) is 2.30. The van der Waals surface area contributed by atoms with Gasteiger partial charge >= 0.3 is 0 Å². The molecule has 1 aliphatic rings. The molecule has 0 aromatic carbocycles. The molecule has 0 amide bonds. The van der Waals surface area contributed by atoms with Crippen LogP contribution in [0, 0.1) is 0 Å². The molecule has 2 N–H and O–H groups in total. The smallest absolute Gasteiger partial charge is 0.279 e. The second-order valence-electron chi connectivity index (χ2n) is 5.09. The van der Waals surface area contributed by atoms with E-state index in [-0.39, 0.29) is 6.04 Å². The van der Waals surface area contributed by atoms with Crippen LogP contribution >= 0.6 is 0 Å². The third kappa shape index (κ3) is 5.65. The third-order valence-electron chi connectivity index (χ3n) is 3.48. The first-order valence-corrected chi connectivity index (χ1v) is 8.38. The van der Waals surface area contributed by atoms with Crippen LogP contribution in [0.25, 0.3) is 0 Å². The number of rotatable bonds is 7. The molecule has 0 atom stereocenters. The molecule has 108 valence electrons. The van der Waals surface area contributed by atoms with E-state index in [1.807, 2.05) is 7.05 Å². The van der Waals surface area contributed by atoms with Crippen LogP contribution in [0.4, 0.5) is 0 Å². The van der Waals surface area contributed by atoms with Gasteiger partial charge in [-0.15, -0.1) is 0 Å². The summed E-state index contributed by atoms with van der Waals surface area (Å²) in [6.45, 7) is 1.40. The Labute approximate surface area is 112 Å². The van der Waals surface area contributed by atoms with E-state index < -0.39 is 10.2 Å². The average Bonchev–Trinajstić information content (AvgIpc) is 2.57. The zero-order chi connectivity index (χ0) is 13.4. The number of hydrogen-bond acceptors (Lipinski definition) is 3. The highest BCUT2D eigenvalue weighted by Crippen LogP contribution is 2.18. The van der Waals surface area contributed by atoms with E-state index >= 15 is 0 Å². The first-order chi connectivity index (χ1) is 8.56. The first-order valence-electron chi connectivity index (χ1n) is 6.94. The Morgan fingerprint density at radius 3 is 2.33 bits per heavy atom. The summed E-state index contributed by atoms with van der Waals surface area (Å²) in [7, 11) is 0.220. The topological polar surface area (TPSA) is 61.4 Å². The highest BCUT2D eigenvalue weighted by atomic mass is 32.2. The Balaban J connectivity index is 2.41. The zero-order valence-corrected chi connectivity index (χ0v) is 12.4. The lowest BCUT2D eigenvalue weighted by Crippen LogP contribution is -2.44. The van der Waals surface area contributed by atoms with Gasteiger partial charge in [0, 0.05) is 19.6 Å². The van der Waals surface area contributed by atoms with E-state index in [2.05, 4.69) is 10.0 Å². The molecule has 1 saturated carbocycles. The van der Waals surface area contributed by atoms with Gasteiger partial charge < -0.3 is 5.32 Å². The van der Waals surface area contributed by atoms with E-state index in [1.54, 1.807) is 7.05 Å². The molecular weight excluding hydrogens is 250 g/mol. The largest absolute Gasteiger partial charge is 0.320 e. The van der Waals surface area contributed by atoms with E-state index in [1.165, 1.54) is 17.1 Å². The minimum atomic E-state index is -3.30. The average molecular weight is 277 g/mol. The molecule has 5 nitrogen and oxygen atoms in total. The molecule has 1 aliphatic carbocycles. The summed E-state index contributed by atoms with van der Waals surface area (Å²) in [5.41, 5.74) is 0. The van der Waals surface area contributed by atoms with Gasteiger partial charge in [0.15, 0.2) is 0 Å². The highest BCUT2D eigenvalue weighted by molar-refractivity contribution is 7.87. The lowest BCUT2D eigenvalue weighted by atomic mass is 10.1. The standard InChI is InChI=1S/C12H27N3O2S/c1-13-10-7-11-15(2)18(16,17)14-12-8-5-3-4-6-9-12/h12-14H,3-11H2,1-2H3. The Morgan fingerprint density at radius 2 is 1.78 bits per heavy atom. The summed E-state index contributed by atoms with van der Waals surface area (Å²) in [5, 5.41) is 3.02. The molecule has 0 heterocycles. The van der Waals surface area contributed by atoms with Gasteiger partial charge in [-0.3, -0.25) is 0 Å². The van der Waals surface area contributed by atoms with Crippen LogP contribution in [0.5, 0.6) is 0 Å². The summed E-state index contributed by atoms with van der Waals surface area (Å²) in [4.78, 5) is 0. The van der Waals surface area contributed by atoms with Crippen LogP contribution in [0.2, 0.25) is 0 Å². The van der Waals surface area contributed by atoms with Crippen molar-refractivity contribution in [3.05, 3.63) is 0 Å². The quantitative estimate of drug-likeness (QED) is 0.541. The van der Waals surface area contributed by atoms with Gasteiger partial charge in [0.1, 0.15) is 0 Å². The van der Waals surface area contributed by atoms with Crippen molar-refractivity contribution in [3.63, 3.8) is 0 Å². The van der Waals surface area contributed by atoms with Gasteiger partial charge in [0.2, 0.25) is 0 Å². The van der Waals surface area contributed by atoms with Crippen LogP contribution in [-0.4, -0.2) is 45.9 Å². The van der Waals surface area contributed by atoms with E-state index in [0.29, 0.717) is 6.54 Å². The van der Waals surface area contributed by atoms with Crippen molar-refractivity contribution in [1.29, 1.82) is 0 Å². The minimum absolute atomic E-state index is 0.129. The summed E-state index contributed by atoms with van der Waals surface area (Å²) in [6, 6.07) is 0.129. The Bertz CT molecular complexity index is 311. The van der Waals surface area contributed by atoms with Gasteiger partial charge in [-0.2, -0.15) is 17.4 Å². The molecule has 0 radical (unpaired) electrons. The second-order valence-corrected chi connectivity index (χ2v) is 6.90. The Morgan fingerprint density at radius 1 is 1.17 bits per heavy atom. The van der Waals surface area contributed by atoms with Crippen LogP contribution in [0.3, 0.4) is 0 Å². The molecule has 0 saturated heterocycles. The Kier molecular flexibility index (Phi) is 7.14. The molecular formula is C12H27N3O2S. The molecule has 0 bridgehead atoms. The molecule has 0 aromatic rings. The van der Waals surface area contributed by atoms with Gasteiger partial charge in [0.05, 0.1) is 0 Å². The molecule has 1 rings (SSSR count). The van der Waals surface area contributed by atoms with Crippen molar-refractivity contribution in [2.24, 2.45) is 0 Å². The Hall–Kier alpha value is -0.170. The molecule has 18 heavy (non-hydrogen) atoms. The maximum atomic E-state index is 12.1. The van der Waals surface area contributed by atoms with E-state index in [9.17, 15) is 8.42 Å². The molecule has 6 heteroatoms. The van der Waals surface area contributed by atoms with Crippen molar-refractivity contribution in [2.75, 3.05) is 27.2 Å². The maximum Gasteiger partial charge on any atom is 0.279 e. The van der Waals surface area contributed by atoms with Gasteiger partial charge in [-0.05, 0) is 32.9 Å². The van der Waals surface area contributed by atoms with Crippen LogP contribution < -0.4 is 10.0 Å². The molecule has 0 spiro atoms. The SMILES string of the molecule is CNCCCN(C)S(=O)(=O)NC1CCCCCC1. The monoisotopic (exact) mass is 277 g/mol. The number of hydrogen-bond donors (Lipinski definition) is 2. The van der Waals surface area contributed by atoms with Crippen molar-refractivity contribution >= 4 is 10.2 Å². The maximum absolute atomic E-state index is 12.1. The number of nitrogens with one attached hydrogen (secondary N) is 2. The summed E-state index contributed by atoms with van der Waals surface area (Å²) >= 11 is 0. The van der Waals surface area contributed by atoms with E-state index in [4.69, 9.17) is 0 Å². The molecule has 0 unspecified atom stereocenters. The normalized spacial score (nSPS) is 19.1. The predicted octanol–water partition coefficient (Wildman–Crippen LogP) is 1.08. The fourth-order valence-corrected chi connectivity index (χ4v) is 3.50. The van der Waals surface area contributed by atoms with Crippen LogP contribution in [0.1, 0.15) is 44.9 Å². The second kappa shape index (κ2) is 8.09. The molecule has 0 aromatic heterocycles. The highest BCUT2D eigenvalue weighted by Gasteiger charge is 2.22. The number of nitrogens with zero attached hydrogens (tertiary/aromatic N) is 1. The van der Waals surface area contributed by atoms with Crippen LogP contribution in [-0.2, 0) is 10.2 Å². The van der Waals surface area contributed by atoms with Gasteiger partial charge in [-0.1, -0.05) is 25.7 Å². The van der Waals surface area contributed by atoms with Gasteiger partial charge in [0.25, 0.3) is 10.2 Å². The van der Waals surface area contributed by atoms with Crippen molar-refractivity contribution in [2.45, 2.75) is 51.0 Å². The summed E-state index contributed by atoms with van der Waals surface area (Å²) in [6.07, 6.45) is 7.52. The van der Waals surface area contributed by atoms with Crippen molar-refractivity contribution < 1.29 is 8.42 Å². The lowest BCUT2D eigenvalue weighted by molar-refractivity contribution is 0.428. The fraction of sp³-hybridized carbons (Fsp3) is 1.00. The summed E-state index contributed by atoms with van der Waals surface area (Å²) < 4.78 is 28.5. The molecule has 0 aliphatic heterocycles. The lowest BCUT2D eigenvalue weighted by Gasteiger charge is -2.22. The summed E-state index contributed by atoms with van der Waals surface area (Å²) in [5.74, 6) is 0. The minimum Gasteiger partial charge on any atom is -0.320 e. The predicted molar refractivity (Wildman–Crippen MR) is 74.7 cm³/mol. The third-order valence-corrected chi connectivity index (χ3v) is 5.12. The van der Waals surface area contributed by atoms with Crippen LogP contribution in [0.15, 0.2) is 0 Å². The molecule has 1 fully saturated rings. The van der Waals surface area contributed by atoms with Crippen molar-refractivity contribution in [3.8, 4) is 0 Å². The first kappa shape index (κ1) is 15.9. The van der Waals surface area contributed by atoms with E-state index in [0.717, 1.165) is 38.6 Å². The zero-order valence-electron chi connectivity index (χ0n) is 11.6. The van der Waals surface area contributed by atoms with Crippen molar-refractivity contribution in [1.82, 2.24) is 14.3 Å². The van der Waals surface area contributed by atoms with Gasteiger partial charge in [-0.25, -0.2) is 0 Å².